The molecule has 0 aliphatic rings. The van der Waals surface area contributed by atoms with Crippen molar-refractivity contribution in [2.24, 2.45) is 0 Å². The van der Waals surface area contributed by atoms with Gasteiger partial charge in [-0.2, -0.15) is 0 Å². The minimum Gasteiger partial charge on any atom is -0.352 e. The van der Waals surface area contributed by atoms with Gasteiger partial charge in [0.1, 0.15) is 0 Å². The molecule has 5 heteroatoms. The standard InChI is InChI=1S/C18H19ClN2O2/c1-13(22)21-12-15-2-6-16(7-3-15)18(23)20-11-10-14-4-8-17(19)9-5-14/h2-9H,10-12H2,1H3,(H,20,23)(H,21,22). The second-order valence-electron chi connectivity index (χ2n) is 5.24. The largest absolute Gasteiger partial charge is 0.352 e. The van der Waals surface area contributed by atoms with Crippen molar-refractivity contribution in [3.63, 3.8) is 0 Å². The predicted octanol–water partition coefficient (Wildman–Crippen LogP) is 2.95. The van der Waals surface area contributed by atoms with Gasteiger partial charge in [0.15, 0.2) is 0 Å². The van der Waals surface area contributed by atoms with Crippen molar-refractivity contribution in [1.82, 2.24) is 10.6 Å². The lowest BCUT2D eigenvalue weighted by Crippen LogP contribution is -2.25. The van der Waals surface area contributed by atoms with Crippen molar-refractivity contribution in [1.29, 1.82) is 0 Å². The van der Waals surface area contributed by atoms with Crippen LogP contribution < -0.4 is 10.6 Å². The van der Waals surface area contributed by atoms with E-state index in [1.165, 1.54) is 6.92 Å². The molecule has 2 amide bonds. The Labute approximate surface area is 140 Å². The molecule has 2 aromatic rings. The summed E-state index contributed by atoms with van der Waals surface area (Å²) in [7, 11) is 0. The molecule has 0 atom stereocenters. The molecule has 23 heavy (non-hydrogen) atoms. The van der Waals surface area contributed by atoms with Gasteiger partial charge in [-0.25, -0.2) is 0 Å². The number of halogens is 1. The molecule has 0 saturated heterocycles. The fraction of sp³-hybridized carbons (Fsp3) is 0.222. The molecule has 0 aliphatic heterocycles. The highest BCUT2D eigenvalue weighted by molar-refractivity contribution is 6.30. The van der Waals surface area contributed by atoms with E-state index in [9.17, 15) is 9.59 Å². The maximum absolute atomic E-state index is 12.1. The van der Waals surface area contributed by atoms with Crippen LogP contribution in [0, 0.1) is 0 Å². The van der Waals surface area contributed by atoms with Gasteiger partial charge in [0.25, 0.3) is 5.91 Å². The van der Waals surface area contributed by atoms with Gasteiger partial charge >= 0.3 is 0 Å². The van der Waals surface area contributed by atoms with Crippen LogP contribution in [0.4, 0.5) is 0 Å². The SMILES string of the molecule is CC(=O)NCc1ccc(C(=O)NCCc2ccc(Cl)cc2)cc1. The van der Waals surface area contributed by atoms with Crippen molar-refractivity contribution in [2.45, 2.75) is 19.9 Å². The fourth-order valence-electron chi connectivity index (χ4n) is 2.07. The number of carbonyl (C=O) groups excluding carboxylic acids is 2. The van der Waals surface area contributed by atoms with Gasteiger partial charge in [-0.05, 0) is 41.8 Å². The van der Waals surface area contributed by atoms with Crippen molar-refractivity contribution in [2.75, 3.05) is 6.54 Å². The monoisotopic (exact) mass is 330 g/mol. The average molecular weight is 331 g/mol. The fourth-order valence-corrected chi connectivity index (χ4v) is 2.20. The molecule has 0 radical (unpaired) electrons. The summed E-state index contributed by atoms with van der Waals surface area (Å²) in [5.41, 5.74) is 2.69. The third kappa shape index (κ3) is 5.75. The summed E-state index contributed by atoms with van der Waals surface area (Å²) in [5.74, 6) is -0.181. The zero-order chi connectivity index (χ0) is 16.7. The summed E-state index contributed by atoms with van der Waals surface area (Å²) < 4.78 is 0. The molecule has 2 aromatic carbocycles. The molecule has 0 bridgehead atoms. The summed E-state index contributed by atoms with van der Waals surface area (Å²) in [6.45, 7) is 2.50. The summed E-state index contributed by atoms with van der Waals surface area (Å²) >= 11 is 5.84. The van der Waals surface area contributed by atoms with Crippen molar-refractivity contribution in [3.8, 4) is 0 Å². The second-order valence-corrected chi connectivity index (χ2v) is 5.68. The lowest BCUT2D eigenvalue weighted by atomic mass is 10.1. The van der Waals surface area contributed by atoms with Crippen LogP contribution in [-0.2, 0) is 17.8 Å². The van der Waals surface area contributed by atoms with E-state index < -0.39 is 0 Å². The van der Waals surface area contributed by atoms with Crippen molar-refractivity contribution >= 4 is 23.4 Å². The molecule has 2 N–H and O–H groups in total. The number of carbonyl (C=O) groups is 2. The molecule has 0 aromatic heterocycles. The summed E-state index contributed by atoms with van der Waals surface area (Å²) in [5, 5.41) is 6.31. The Hall–Kier alpha value is -2.33. The minimum atomic E-state index is -0.106. The van der Waals surface area contributed by atoms with E-state index in [0.29, 0.717) is 23.7 Å². The van der Waals surface area contributed by atoms with E-state index in [1.54, 1.807) is 12.1 Å². The molecule has 0 heterocycles. The van der Waals surface area contributed by atoms with E-state index in [-0.39, 0.29) is 11.8 Å². The van der Waals surface area contributed by atoms with E-state index >= 15 is 0 Å². The molecule has 0 spiro atoms. The Morgan fingerprint density at radius 3 is 2.13 bits per heavy atom. The predicted molar refractivity (Wildman–Crippen MR) is 91.5 cm³/mol. The zero-order valence-corrected chi connectivity index (χ0v) is 13.7. The first-order chi connectivity index (χ1) is 11.0. The second kappa shape index (κ2) is 8.34. The van der Waals surface area contributed by atoms with Gasteiger partial charge in [-0.1, -0.05) is 35.9 Å². The van der Waals surface area contributed by atoms with Crippen LogP contribution in [0.5, 0.6) is 0 Å². The first-order valence-electron chi connectivity index (χ1n) is 7.40. The first kappa shape index (κ1) is 17.0. The average Bonchev–Trinajstić information content (AvgIpc) is 2.55. The Morgan fingerprint density at radius 1 is 0.913 bits per heavy atom. The highest BCUT2D eigenvalue weighted by Gasteiger charge is 2.05. The lowest BCUT2D eigenvalue weighted by Gasteiger charge is -2.07. The third-order valence-corrected chi connectivity index (χ3v) is 3.62. The van der Waals surface area contributed by atoms with Crippen LogP contribution in [-0.4, -0.2) is 18.4 Å². The minimum absolute atomic E-state index is 0.0750. The van der Waals surface area contributed by atoms with Gasteiger partial charge in [0.05, 0.1) is 0 Å². The van der Waals surface area contributed by atoms with Crippen LogP contribution in [0.25, 0.3) is 0 Å². The van der Waals surface area contributed by atoms with Crippen LogP contribution in [0.1, 0.15) is 28.4 Å². The Morgan fingerprint density at radius 2 is 1.52 bits per heavy atom. The number of rotatable bonds is 6. The Bertz CT molecular complexity index is 666. The van der Waals surface area contributed by atoms with Gasteiger partial charge in [0, 0.05) is 30.6 Å². The lowest BCUT2D eigenvalue weighted by molar-refractivity contribution is -0.119. The Kier molecular flexibility index (Phi) is 6.18. The van der Waals surface area contributed by atoms with Crippen LogP contribution >= 0.6 is 11.6 Å². The normalized spacial score (nSPS) is 10.2. The van der Waals surface area contributed by atoms with Gasteiger partial charge < -0.3 is 10.6 Å². The number of hydrogen-bond donors (Lipinski definition) is 2. The molecule has 0 fully saturated rings. The number of hydrogen-bond acceptors (Lipinski definition) is 2. The quantitative estimate of drug-likeness (QED) is 0.855. The highest BCUT2D eigenvalue weighted by atomic mass is 35.5. The van der Waals surface area contributed by atoms with E-state index in [2.05, 4.69) is 10.6 Å². The maximum atomic E-state index is 12.1. The zero-order valence-electron chi connectivity index (χ0n) is 12.9. The van der Waals surface area contributed by atoms with Crippen molar-refractivity contribution in [3.05, 3.63) is 70.2 Å². The summed E-state index contributed by atoms with van der Waals surface area (Å²) in [4.78, 5) is 22.9. The van der Waals surface area contributed by atoms with E-state index in [1.807, 2.05) is 36.4 Å². The van der Waals surface area contributed by atoms with Crippen molar-refractivity contribution < 1.29 is 9.59 Å². The number of benzene rings is 2. The number of amides is 2. The highest BCUT2D eigenvalue weighted by Crippen LogP contribution is 2.09. The smallest absolute Gasteiger partial charge is 0.251 e. The molecule has 120 valence electrons. The van der Waals surface area contributed by atoms with E-state index in [0.717, 1.165) is 17.5 Å². The van der Waals surface area contributed by atoms with Crippen LogP contribution in [0.15, 0.2) is 48.5 Å². The van der Waals surface area contributed by atoms with Gasteiger partial charge in [0.2, 0.25) is 5.91 Å². The van der Waals surface area contributed by atoms with Crippen LogP contribution in [0.2, 0.25) is 5.02 Å². The first-order valence-corrected chi connectivity index (χ1v) is 7.78. The molecule has 0 aliphatic carbocycles. The molecule has 0 saturated carbocycles. The molecule has 2 rings (SSSR count). The molecule has 4 nitrogen and oxygen atoms in total. The number of nitrogens with one attached hydrogen (secondary N) is 2. The van der Waals surface area contributed by atoms with Gasteiger partial charge in [-0.3, -0.25) is 9.59 Å². The van der Waals surface area contributed by atoms with Gasteiger partial charge in [-0.15, -0.1) is 0 Å². The topological polar surface area (TPSA) is 58.2 Å². The Balaban J connectivity index is 1.81. The summed E-state index contributed by atoms with van der Waals surface area (Å²) in [6, 6.07) is 14.8. The molecular weight excluding hydrogens is 312 g/mol. The molecule has 0 unspecified atom stereocenters. The maximum Gasteiger partial charge on any atom is 0.251 e. The van der Waals surface area contributed by atoms with Crippen LogP contribution in [0.3, 0.4) is 0 Å². The molecular formula is C18H19ClN2O2. The third-order valence-electron chi connectivity index (χ3n) is 3.37. The van der Waals surface area contributed by atoms with E-state index in [4.69, 9.17) is 11.6 Å². The summed E-state index contributed by atoms with van der Waals surface area (Å²) in [6.07, 6.45) is 0.753.